The summed E-state index contributed by atoms with van der Waals surface area (Å²) in [5.41, 5.74) is 6.72. The Morgan fingerprint density at radius 2 is 2.02 bits per heavy atom. The van der Waals surface area contributed by atoms with Crippen LogP contribution in [0.5, 0.6) is 11.9 Å². The van der Waals surface area contributed by atoms with Crippen LogP contribution in [0.2, 0.25) is 0 Å². The molecule has 0 aromatic carbocycles. The van der Waals surface area contributed by atoms with Crippen molar-refractivity contribution in [1.29, 1.82) is 5.26 Å². The Bertz CT molecular complexity index is 1650. The molecule has 5 aliphatic rings. The van der Waals surface area contributed by atoms with Gasteiger partial charge in [-0.2, -0.15) is 15.2 Å². The Balaban J connectivity index is 1.17. The van der Waals surface area contributed by atoms with Gasteiger partial charge in [-0.05, 0) is 12.8 Å². The smallest absolute Gasteiger partial charge is 0.416 e. The summed E-state index contributed by atoms with van der Waals surface area (Å²) in [5, 5.41) is 35.0. The van der Waals surface area contributed by atoms with Crippen molar-refractivity contribution in [3.8, 4) is 18.0 Å². The molecule has 2 aromatic heterocycles. The van der Waals surface area contributed by atoms with Gasteiger partial charge in [-0.3, -0.25) is 19.8 Å². The minimum atomic E-state index is -1.13. The molecular formula is C28H33N9O8S2. The number of thiophene rings is 1. The molecular weight excluding hydrogens is 654 g/mol. The van der Waals surface area contributed by atoms with Gasteiger partial charge in [0, 0.05) is 67.4 Å². The Kier molecular flexibility index (Phi) is 8.24. The highest BCUT2D eigenvalue weighted by Gasteiger charge is 2.54. The van der Waals surface area contributed by atoms with Crippen LogP contribution in [-0.4, -0.2) is 120 Å². The number of rotatable bonds is 9. The van der Waals surface area contributed by atoms with Crippen molar-refractivity contribution in [3.05, 3.63) is 26.1 Å². The monoisotopic (exact) mass is 687 g/mol. The lowest BCUT2D eigenvalue weighted by Gasteiger charge is -2.48. The normalized spacial score (nSPS) is 22.7. The predicted octanol–water partition coefficient (Wildman–Crippen LogP) is 1.21. The fourth-order valence-electron chi connectivity index (χ4n) is 6.56. The number of nitrogens with one attached hydrogen (secondary N) is 1. The van der Waals surface area contributed by atoms with Crippen molar-refractivity contribution >= 4 is 51.7 Å². The molecule has 1 atom stereocenters. The Labute approximate surface area is 277 Å². The van der Waals surface area contributed by atoms with Gasteiger partial charge < -0.3 is 40.2 Å². The van der Waals surface area contributed by atoms with E-state index in [1.54, 1.807) is 16.7 Å². The number of fused-ring (bicyclic) bond motifs is 2. The molecule has 1 saturated carbocycles. The van der Waals surface area contributed by atoms with E-state index >= 15 is 0 Å². The van der Waals surface area contributed by atoms with E-state index in [0.29, 0.717) is 42.6 Å². The maximum Gasteiger partial charge on any atom is 0.416 e. The van der Waals surface area contributed by atoms with Crippen molar-refractivity contribution in [2.45, 2.75) is 29.4 Å². The fourth-order valence-corrected chi connectivity index (χ4v) is 9.37. The number of nitrogens with zero attached hydrogens (tertiary/aromatic N) is 7. The van der Waals surface area contributed by atoms with Crippen LogP contribution in [0.15, 0.2) is 0 Å². The number of amides is 1. The Hall–Kier alpha value is -3.96. The fraction of sp³-hybridized carbons (Fsp3) is 0.607. The van der Waals surface area contributed by atoms with Crippen molar-refractivity contribution < 1.29 is 33.8 Å². The summed E-state index contributed by atoms with van der Waals surface area (Å²) < 4.78 is 16.6. The number of anilines is 2. The van der Waals surface area contributed by atoms with Crippen molar-refractivity contribution in [2.24, 2.45) is 5.41 Å². The van der Waals surface area contributed by atoms with Crippen LogP contribution < -0.4 is 25.4 Å². The second kappa shape index (κ2) is 12.2. The molecule has 2 aromatic rings. The molecule has 7 rings (SSSR count). The average Bonchev–Trinajstić information content (AvgIpc) is 3.59. The summed E-state index contributed by atoms with van der Waals surface area (Å²) in [6, 6.07) is 1.04. The van der Waals surface area contributed by atoms with Gasteiger partial charge in [-0.15, -0.1) is 23.1 Å². The molecule has 1 spiro atoms. The summed E-state index contributed by atoms with van der Waals surface area (Å²) >= 11 is 3.04. The third-order valence-corrected chi connectivity index (χ3v) is 11.9. The number of hydrogen-bond acceptors (Lipinski definition) is 16. The van der Waals surface area contributed by atoms with E-state index in [4.69, 9.17) is 19.9 Å². The van der Waals surface area contributed by atoms with Gasteiger partial charge in [-0.25, -0.2) is 4.79 Å². The lowest BCUT2D eigenvalue weighted by atomic mass is 9.88. The van der Waals surface area contributed by atoms with Crippen molar-refractivity contribution in [3.63, 3.8) is 0 Å². The van der Waals surface area contributed by atoms with Crippen LogP contribution in [0, 0.1) is 26.9 Å². The number of thioether (sulfide) groups is 1. The minimum absolute atomic E-state index is 0.0640. The quantitative estimate of drug-likeness (QED) is 0.249. The van der Waals surface area contributed by atoms with Crippen LogP contribution in [-0.2, 0) is 20.0 Å². The van der Waals surface area contributed by atoms with Crippen LogP contribution in [0.1, 0.15) is 28.8 Å². The maximum atomic E-state index is 13.2. The van der Waals surface area contributed by atoms with Crippen LogP contribution in [0.25, 0.3) is 0 Å². The van der Waals surface area contributed by atoms with Gasteiger partial charge >= 0.3 is 29.6 Å². The molecule has 250 valence electrons. The van der Waals surface area contributed by atoms with E-state index in [1.807, 2.05) is 0 Å². The third-order valence-electron chi connectivity index (χ3n) is 9.29. The highest BCUT2D eigenvalue weighted by molar-refractivity contribution is 8.00. The topological polar surface area (TPSA) is 223 Å². The first-order chi connectivity index (χ1) is 22.6. The number of hydrogen-bond donors (Lipinski definition) is 3. The van der Waals surface area contributed by atoms with Gasteiger partial charge in [0.25, 0.3) is 0 Å². The number of ether oxygens (including phenoxy) is 3. The number of carbonyl (C=O) groups excluding carboxylic acids is 1. The van der Waals surface area contributed by atoms with Crippen LogP contribution in [0.4, 0.5) is 21.3 Å². The van der Waals surface area contributed by atoms with E-state index < -0.39 is 39.3 Å². The highest BCUT2D eigenvalue weighted by atomic mass is 32.2. The maximum absolute atomic E-state index is 13.2. The molecule has 3 saturated heterocycles. The number of nitriles is 1. The number of carboxylic acids is 1. The number of carboxylic acid groups (broad SMARTS) is 1. The number of aliphatic carboxylic acids is 1. The first-order valence-electron chi connectivity index (χ1n) is 15.2. The SMILES string of the molecule is N#Cc1c(N)sc2c1C1(CN(c3nc(OCC4(CN5CCOCC5)CC4)nc(OC(=O)N4CCNC(C(=O)O)C4)c3[N+](=O)[O-])C1)SC2. The standard InChI is InChI=1S/C28H33N9O8S2/c29-9-16-19-18(47-21(16)30)11-46-28(19)13-36(14-28)22-20(37(41)42)23(45-26(40)35-4-3-31-17(10-35)24(38)39)33-25(32-22)44-15-27(1-2-27)12-34-5-7-43-8-6-34/h17,31H,1-8,10-15,30H2,(H,38,39). The molecule has 1 aliphatic carbocycles. The summed E-state index contributed by atoms with van der Waals surface area (Å²) in [6.45, 7) is 4.85. The second-order valence-corrected chi connectivity index (χ2v) is 15.0. The lowest BCUT2D eigenvalue weighted by Crippen LogP contribution is -2.57. The first kappa shape index (κ1) is 31.6. The van der Waals surface area contributed by atoms with Crippen LogP contribution in [0.3, 0.4) is 0 Å². The van der Waals surface area contributed by atoms with E-state index in [-0.39, 0.29) is 43.5 Å². The number of aromatic nitrogens is 2. The number of nitro groups is 1. The molecule has 0 radical (unpaired) electrons. The zero-order valence-electron chi connectivity index (χ0n) is 25.3. The number of piperazine rings is 1. The Morgan fingerprint density at radius 3 is 2.70 bits per heavy atom. The Morgan fingerprint density at radius 1 is 1.26 bits per heavy atom. The van der Waals surface area contributed by atoms with Gasteiger partial charge in [0.1, 0.15) is 17.1 Å². The molecule has 0 bridgehead atoms. The first-order valence-corrected chi connectivity index (χ1v) is 17.0. The average molecular weight is 688 g/mol. The largest absolute Gasteiger partial charge is 0.480 e. The van der Waals surface area contributed by atoms with E-state index in [1.165, 1.54) is 16.2 Å². The third kappa shape index (κ3) is 5.99. The summed E-state index contributed by atoms with van der Waals surface area (Å²) in [5.74, 6) is -1.10. The molecule has 4 fully saturated rings. The van der Waals surface area contributed by atoms with Gasteiger partial charge in [0.05, 0.1) is 41.6 Å². The summed E-state index contributed by atoms with van der Waals surface area (Å²) in [6.07, 6.45) is 0.920. The van der Waals surface area contributed by atoms with Crippen molar-refractivity contribution in [1.82, 2.24) is 25.1 Å². The molecule has 4 aliphatic heterocycles. The van der Waals surface area contributed by atoms with Gasteiger partial charge in [0.2, 0.25) is 5.82 Å². The number of nitrogen functional groups attached to an aromatic ring is 1. The zero-order valence-corrected chi connectivity index (χ0v) is 26.9. The summed E-state index contributed by atoms with van der Waals surface area (Å²) in [7, 11) is 0. The predicted molar refractivity (Wildman–Crippen MR) is 169 cm³/mol. The minimum Gasteiger partial charge on any atom is -0.480 e. The lowest BCUT2D eigenvalue weighted by molar-refractivity contribution is -0.385. The van der Waals surface area contributed by atoms with Crippen molar-refractivity contribution in [2.75, 3.05) is 82.8 Å². The van der Waals surface area contributed by atoms with E-state index in [0.717, 1.165) is 42.9 Å². The van der Waals surface area contributed by atoms with E-state index in [9.17, 15) is 30.1 Å². The van der Waals surface area contributed by atoms with Gasteiger partial charge in [0.15, 0.2) is 0 Å². The molecule has 1 amide bonds. The molecule has 47 heavy (non-hydrogen) atoms. The number of nitrogens with two attached hydrogens (primary N) is 1. The van der Waals surface area contributed by atoms with E-state index in [2.05, 4.69) is 26.3 Å². The molecule has 1 unspecified atom stereocenters. The zero-order chi connectivity index (χ0) is 32.9. The summed E-state index contributed by atoms with van der Waals surface area (Å²) in [4.78, 5) is 51.5. The number of morpholine rings is 1. The highest BCUT2D eigenvalue weighted by Crippen LogP contribution is 2.58. The van der Waals surface area contributed by atoms with Crippen LogP contribution >= 0.6 is 23.1 Å². The van der Waals surface area contributed by atoms with Gasteiger partial charge in [-0.1, -0.05) is 0 Å². The molecule has 17 nitrogen and oxygen atoms in total. The molecule has 4 N–H and O–H groups in total. The second-order valence-electron chi connectivity index (χ2n) is 12.5. The molecule has 19 heteroatoms. The molecule has 6 heterocycles. The number of carbonyl (C=O) groups is 2.